The van der Waals surface area contributed by atoms with Crippen LogP contribution in [0.3, 0.4) is 0 Å². The van der Waals surface area contributed by atoms with Crippen LogP contribution in [0.1, 0.15) is 65.7 Å². The van der Waals surface area contributed by atoms with Crippen LogP contribution in [-0.4, -0.2) is 12.6 Å². The molecule has 1 unspecified atom stereocenters. The van der Waals surface area contributed by atoms with E-state index in [1.165, 1.54) is 38.5 Å². The molecule has 0 aromatic rings. The maximum absolute atomic E-state index is 5.33. The molecule has 1 atom stereocenters. The van der Waals surface area contributed by atoms with E-state index < -0.39 is 0 Å². The molecule has 1 aliphatic carbocycles. The van der Waals surface area contributed by atoms with E-state index in [2.05, 4.69) is 32.0 Å². The van der Waals surface area contributed by atoms with Gasteiger partial charge in [0.2, 0.25) is 0 Å². The topological polar surface area (TPSA) is 12.0 Å². The van der Waals surface area contributed by atoms with Crippen molar-refractivity contribution in [2.75, 3.05) is 6.54 Å². The Kier molecular flexibility index (Phi) is 6.06. The molecule has 0 aromatic heterocycles. The van der Waals surface area contributed by atoms with E-state index in [1.54, 1.807) is 0 Å². The molecule has 1 heteroatoms. The van der Waals surface area contributed by atoms with Gasteiger partial charge in [-0.15, -0.1) is 12.3 Å². The van der Waals surface area contributed by atoms with Gasteiger partial charge < -0.3 is 5.32 Å². The third-order valence-corrected chi connectivity index (χ3v) is 4.26. The molecule has 17 heavy (non-hydrogen) atoms. The van der Waals surface area contributed by atoms with Crippen molar-refractivity contribution in [1.82, 2.24) is 5.32 Å². The Labute approximate surface area is 108 Å². The van der Waals surface area contributed by atoms with E-state index in [9.17, 15) is 0 Å². The highest BCUT2D eigenvalue weighted by atomic mass is 14.9. The van der Waals surface area contributed by atoms with Crippen LogP contribution in [0.25, 0.3) is 0 Å². The molecule has 1 N–H and O–H groups in total. The molecular weight excluding hydrogens is 206 g/mol. The lowest BCUT2D eigenvalue weighted by atomic mass is 9.70. The summed E-state index contributed by atoms with van der Waals surface area (Å²) in [5.74, 6) is 3.63. The van der Waals surface area contributed by atoms with Crippen molar-refractivity contribution in [3.8, 4) is 12.3 Å². The average molecular weight is 235 g/mol. The largest absolute Gasteiger partial charge is 0.314 e. The molecule has 0 saturated heterocycles. The summed E-state index contributed by atoms with van der Waals surface area (Å²) in [4.78, 5) is 0. The first kappa shape index (κ1) is 14.6. The van der Waals surface area contributed by atoms with E-state index in [-0.39, 0.29) is 0 Å². The number of terminal acetylenes is 1. The van der Waals surface area contributed by atoms with Crippen molar-refractivity contribution in [3.05, 3.63) is 0 Å². The number of rotatable bonds is 6. The highest BCUT2D eigenvalue weighted by Crippen LogP contribution is 2.39. The van der Waals surface area contributed by atoms with Gasteiger partial charge in [0.25, 0.3) is 0 Å². The van der Waals surface area contributed by atoms with Crippen LogP contribution < -0.4 is 5.32 Å². The fraction of sp³-hybridized carbons (Fsp3) is 0.875. The van der Waals surface area contributed by atoms with Crippen molar-refractivity contribution in [3.63, 3.8) is 0 Å². The second kappa shape index (κ2) is 7.07. The number of nitrogens with one attached hydrogen (secondary N) is 1. The summed E-state index contributed by atoms with van der Waals surface area (Å²) >= 11 is 0. The predicted octanol–water partition coefficient (Wildman–Crippen LogP) is 3.98. The highest BCUT2D eigenvalue weighted by Gasteiger charge is 2.30. The third-order valence-electron chi connectivity index (χ3n) is 4.26. The summed E-state index contributed by atoms with van der Waals surface area (Å²) < 4.78 is 0. The molecule has 0 aliphatic heterocycles. The first-order valence-corrected chi connectivity index (χ1v) is 7.26. The van der Waals surface area contributed by atoms with Gasteiger partial charge in [-0.2, -0.15) is 0 Å². The second-order valence-corrected chi connectivity index (χ2v) is 6.26. The summed E-state index contributed by atoms with van der Waals surface area (Å²) in [6, 6.07) is 0.699. The fourth-order valence-electron chi connectivity index (χ4n) is 3.01. The Balaban J connectivity index is 2.39. The maximum Gasteiger partial charge on any atom is 0.00955 e. The van der Waals surface area contributed by atoms with Crippen molar-refractivity contribution in [2.24, 2.45) is 11.3 Å². The van der Waals surface area contributed by atoms with E-state index in [1.807, 2.05) is 0 Å². The van der Waals surface area contributed by atoms with E-state index in [4.69, 9.17) is 6.42 Å². The van der Waals surface area contributed by atoms with Crippen molar-refractivity contribution >= 4 is 0 Å². The first-order valence-electron chi connectivity index (χ1n) is 7.26. The molecule has 1 nitrogen and oxygen atoms in total. The van der Waals surface area contributed by atoms with Crippen LogP contribution in [0.2, 0.25) is 0 Å². The van der Waals surface area contributed by atoms with Crippen molar-refractivity contribution < 1.29 is 0 Å². The van der Waals surface area contributed by atoms with Gasteiger partial charge >= 0.3 is 0 Å². The van der Waals surface area contributed by atoms with Gasteiger partial charge in [0.15, 0.2) is 0 Å². The van der Waals surface area contributed by atoms with E-state index in [0.717, 1.165) is 18.9 Å². The van der Waals surface area contributed by atoms with Gasteiger partial charge in [0.1, 0.15) is 0 Å². The van der Waals surface area contributed by atoms with Gasteiger partial charge in [-0.05, 0) is 56.4 Å². The van der Waals surface area contributed by atoms with E-state index in [0.29, 0.717) is 11.5 Å². The predicted molar refractivity (Wildman–Crippen MR) is 75.9 cm³/mol. The smallest absolute Gasteiger partial charge is 0.00955 e. The van der Waals surface area contributed by atoms with Crippen LogP contribution in [0.5, 0.6) is 0 Å². The van der Waals surface area contributed by atoms with Gasteiger partial charge in [-0.25, -0.2) is 0 Å². The fourth-order valence-corrected chi connectivity index (χ4v) is 3.01. The van der Waals surface area contributed by atoms with Crippen molar-refractivity contribution in [1.29, 1.82) is 0 Å². The van der Waals surface area contributed by atoms with Crippen LogP contribution in [0.4, 0.5) is 0 Å². The maximum atomic E-state index is 5.33. The molecule has 0 spiro atoms. The quantitative estimate of drug-likeness (QED) is 0.542. The standard InChI is InChI=1S/C16H29N/c1-5-7-8-9-15(17-6-2)14-10-12-16(3,4)13-11-14/h1,14-15,17H,6-13H2,2-4H3. The minimum atomic E-state index is 0.575. The lowest BCUT2D eigenvalue weighted by molar-refractivity contribution is 0.157. The number of hydrogen-bond donors (Lipinski definition) is 1. The summed E-state index contributed by atoms with van der Waals surface area (Å²) in [6.45, 7) is 8.11. The van der Waals surface area contributed by atoms with Gasteiger partial charge in [-0.1, -0.05) is 20.8 Å². The summed E-state index contributed by atoms with van der Waals surface area (Å²) in [7, 11) is 0. The minimum Gasteiger partial charge on any atom is -0.314 e. The number of hydrogen-bond acceptors (Lipinski definition) is 1. The zero-order valence-electron chi connectivity index (χ0n) is 11.9. The molecule has 1 fully saturated rings. The molecule has 0 bridgehead atoms. The Morgan fingerprint density at radius 2 is 2.00 bits per heavy atom. The Bertz CT molecular complexity index is 239. The zero-order valence-corrected chi connectivity index (χ0v) is 11.9. The Morgan fingerprint density at radius 3 is 2.53 bits per heavy atom. The van der Waals surface area contributed by atoms with Crippen molar-refractivity contribution in [2.45, 2.75) is 71.8 Å². The average Bonchev–Trinajstić information content (AvgIpc) is 2.28. The summed E-state index contributed by atoms with van der Waals surface area (Å²) in [6.07, 6.45) is 14.2. The molecular formula is C16H29N. The monoisotopic (exact) mass is 235 g/mol. The molecule has 0 heterocycles. The molecule has 0 amide bonds. The lowest BCUT2D eigenvalue weighted by Gasteiger charge is -2.38. The normalized spacial score (nSPS) is 22.0. The van der Waals surface area contributed by atoms with E-state index >= 15 is 0 Å². The van der Waals surface area contributed by atoms with Gasteiger partial charge in [0.05, 0.1) is 0 Å². The second-order valence-electron chi connectivity index (χ2n) is 6.26. The lowest BCUT2D eigenvalue weighted by Crippen LogP contribution is -2.39. The zero-order chi connectivity index (χ0) is 12.7. The molecule has 98 valence electrons. The molecule has 1 aliphatic rings. The molecule has 0 radical (unpaired) electrons. The minimum absolute atomic E-state index is 0.575. The first-order chi connectivity index (χ1) is 8.09. The SMILES string of the molecule is C#CCCCC(NCC)C1CCC(C)(C)CC1. The van der Waals surface area contributed by atoms with Gasteiger partial charge in [-0.3, -0.25) is 0 Å². The van der Waals surface area contributed by atoms with Crippen LogP contribution in [0, 0.1) is 23.7 Å². The van der Waals surface area contributed by atoms with Crippen LogP contribution in [0.15, 0.2) is 0 Å². The Hall–Kier alpha value is -0.480. The Morgan fingerprint density at radius 1 is 1.35 bits per heavy atom. The van der Waals surface area contributed by atoms with Crippen LogP contribution in [-0.2, 0) is 0 Å². The molecule has 1 saturated carbocycles. The van der Waals surface area contributed by atoms with Crippen LogP contribution >= 0.6 is 0 Å². The third kappa shape index (κ3) is 5.13. The highest BCUT2D eigenvalue weighted by molar-refractivity contribution is 4.87. The molecule has 1 rings (SSSR count). The molecule has 0 aromatic carbocycles. The summed E-state index contributed by atoms with van der Waals surface area (Å²) in [5, 5.41) is 3.67. The number of unbranched alkanes of at least 4 members (excludes halogenated alkanes) is 1. The summed E-state index contributed by atoms with van der Waals surface area (Å²) in [5.41, 5.74) is 0.575. The van der Waals surface area contributed by atoms with Gasteiger partial charge in [0, 0.05) is 12.5 Å².